The van der Waals surface area contributed by atoms with Gasteiger partial charge in [0.05, 0.1) is 17.5 Å². The lowest BCUT2D eigenvalue weighted by atomic mass is 10.0. The molecule has 1 aromatic heterocycles. The van der Waals surface area contributed by atoms with E-state index in [2.05, 4.69) is 18.3 Å². The maximum absolute atomic E-state index is 6.20. The number of rotatable bonds is 5. The lowest BCUT2D eigenvalue weighted by Crippen LogP contribution is -2.21. The summed E-state index contributed by atoms with van der Waals surface area (Å²) in [4.78, 5) is 1.16. The molecular weight excluding hydrogens is 313 g/mol. The Labute approximate surface area is 133 Å². The number of ether oxygens (including phenoxy) is 1. The van der Waals surface area contributed by atoms with Gasteiger partial charge in [-0.15, -0.1) is 11.3 Å². The molecule has 20 heavy (non-hydrogen) atoms. The van der Waals surface area contributed by atoms with Crippen molar-refractivity contribution in [2.45, 2.75) is 19.9 Å². The number of nitrogens with one attached hydrogen (secondary N) is 1. The zero-order chi connectivity index (χ0) is 14.7. The van der Waals surface area contributed by atoms with Crippen molar-refractivity contribution >= 4 is 34.5 Å². The number of halogens is 2. The Hall–Kier alpha value is -0.740. The summed E-state index contributed by atoms with van der Waals surface area (Å²) < 4.78 is 6.28. The lowest BCUT2D eigenvalue weighted by molar-refractivity contribution is 0.404. The minimum absolute atomic E-state index is 0.0323. The van der Waals surface area contributed by atoms with Crippen LogP contribution in [0.3, 0.4) is 0 Å². The number of thiophene rings is 1. The molecule has 1 unspecified atom stereocenters. The molecule has 0 radical (unpaired) electrons. The third kappa shape index (κ3) is 3.29. The van der Waals surface area contributed by atoms with Crippen molar-refractivity contribution < 1.29 is 4.74 Å². The fourth-order valence-electron chi connectivity index (χ4n) is 2.12. The summed E-state index contributed by atoms with van der Waals surface area (Å²) in [5.74, 6) is 0.822. The van der Waals surface area contributed by atoms with Gasteiger partial charge in [0.25, 0.3) is 0 Å². The van der Waals surface area contributed by atoms with E-state index in [0.717, 1.165) is 32.6 Å². The molecule has 108 valence electrons. The molecule has 0 saturated heterocycles. The largest absolute Gasteiger partial charge is 0.496 e. The summed E-state index contributed by atoms with van der Waals surface area (Å²) >= 11 is 13.9. The molecule has 1 N–H and O–H groups in total. The zero-order valence-corrected chi connectivity index (χ0v) is 14.0. The molecule has 0 aliphatic rings. The van der Waals surface area contributed by atoms with Crippen molar-refractivity contribution in [2.24, 2.45) is 0 Å². The van der Waals surface area contributed by atoms with E-state index in [1.165, 1.54) is 0 Å². The first kappa shape index (κ1) is 15.6. The van der Waals surface area contributed by atoms with E-state index < -0.39 is 0 Å². The first-order chi connectivity index (χ1) is 9.56. The quantitative estimate of drug-likeness (QED) is 0.826. The van der Waals surface area contributed by atoms with Crippen molar-refractivity contribution in [3.8, 4) is 5.75 Å². The number of methoxy groups -OCH3 is 1. The molecule has 2 nitrogen and oxygen atoms in total. The van der Waals surface area contributed by atoms with E-state index in [0.29, 0.717) is 5.02 Å². The molecule has 0 aliphatic heterocycles. The minimum Gasteiger partial charge on any atom is -0.496 e. The molecule has 0 bridgehead atoms. The second kappa shape index (κ2) is 6.81. The van der Waals surface area contributed by atoms with Crippen LogP contribution in [-0.2, 0) is 0 Å². The normalized spacial score (nSPS) is 12.4. The molecule has 1 atom stereocenters. The van der Waals surface area contributed by atoms with Crippen LogP contribution in [0.2, 0.25) is 9.36 Å². The molecule has 0 fully saturated rings. The molecule has 0 saturated carbocycles. The minimum atomic E-state index is 0.0323. The van der Waals surface area contributed by atoms with Gasteiger partial charge in [0, 0.05) is 15.5 Å². The highest BCUT2D eigenvalue weighted by Crippen LogP contribution is 2.38. The maximum Gasteiger partial charge on any atom is 0.124 e. The van der Waals surface area contributed by atoms with Gasteiger partial charge in [0.1, 0.15) is 5.75 Å². The fraction of sp³-hybridized carbons (Fsp3) is 0.333. The molecule has 0 aliphatic carbocycles. The van der Waals surface area contributed by atoms with Crippen LogP contribution in [0.15, 0.2) is 24.3 Å². The molecule has 2 rings (SSSR count). The van der Waals surface area contributed by atoms with Crippen molar-refractivity contribution in [2.75, 3.05) is 13.7 Å². The molecule has 1 heterocycles. The number of aryl methyl sites for hydroxylation is 1. The highest BCUT2D eigenvalue weighted by atomic mass is 35.5. The van der Waals surface area contributed by atoms with E-state index in [1.807, 2.05) is 25.1 Å². The summed E-state index contributed by atoms with van der Waals surface area (Å²) in [6.45, 7) is 4.93. The van der Waals surface area contributed by atoms with Crippen LogP contribution >= 0.6 is 34.5 Å². The van der Waals surface area contributed by atoms with Crippen LogP contribution in [0.4, 0.5) is 0 Å². The Morgan fingerprint density at radius 3 is 2.60 bits per heavy atom. The number of hydrogen-bond donors (Lipinski definition) is 1. The van der Waals surface area contributed by atoms with Gasteiger partial charge in [-0.3, -0.25) is 0 Å². The van der Waals surface area contributed by atoms with E-state index in [1.54, 1.807) is 18.4 Å². The van der Waals surface area contributed by atoms with Crippen LogP contribution in [0.5, 0.6) is 5.75 Å². The van der Waals surface area contributed by atoms with Gasteiger partial charge in [-0.25, -0.2) is 0 Å². The van der Waals surface area contributed by atoms with Gasteiger partial charge in [0.15, 0.2) is 0 Å². The predicted molar refractivity (Wildman–Crippen MR) is 87.6 cm³/mol. The SMILES string of the molecule is CCNC(c1cc(C)c(Cl)s1)c1cc(Cl)ccc1OC. The van der Waals surface area contributed by atoms with E-state index in [-0.39, 0.29) is 6.04 Å². The average Bonchev–Trinajstić information content (AvgIpc) is 2.75. The number of benzene rings is 1. The fourth-order valence-corrected chi connectivity index (χ4v) is 3.62. The monoisotopic (exact) mass is 329 g/mol. The maximum atomic E-state index is 6.20. The van der Waals surface area contributed by atoms with E-state index >= 15 is 0 Å². The molecule has 5 heteroatoms. The second-order valence-corrected chi connectivity index (χ2v) is 6.60. The van der Waals surface area contributed by atoms with Crippen molar-refractivity contribution in [1.82, 2.24) is 5.32 Å². The summed E-state index contributed by atoms with van der Waals surface area (Å²) in [6, 6.07) is 7.81. The third-order valence-corrected chi connectivity index (χ3v) is 4.93. The predicted octanol–water partition coefficient (Wildman–Crippen LogP) is 5.07. The molecular formula is C15H17Cl2NOS. The average molecular weight is 330 g/mol. The standard InChI is InChI=1S/C15H17Cl2NOS/c1-4-18-14(13-7-9(2)15(17)20-13)11-8-10(16)5-6-12(11)19-3/h5-8,14,18H,4H2,1-3H3. The topological polar surface area (TPSA) is 21.3 Å². The van der Waals surface area contributed by atoms with Crippen LogP contribution in [-0.4, -0.2) is 13.7 Å². The molecule has 0 amide bonds. The Kier molecular flexibility index (Phi) is 5.33. The first-order valence-electron chi connectivity index (χ1n) is 6.39. The zero-order valence-electron chi connectivity index (χ0n) is 11.7. The van der Waals surface area contributed by atoms with Crippen LogP contribution in [0, 0.1) is 6.92 Å². The first-order valence-corrected chi connectivity index (χ1v) is 7.96. The lowest BCUT2D eigenvalue weighted by Gasteiger charge is -2.20. The molecule has 1 aromatic carbocycles. The second-order valence-electron chi connectivity index (χ2n) is 4.48. The molecule has 0 spiro atoms. The van der Waals surface area contributed by atoms with Crippen molar-refractivity contribution in [3.63, 3.8) is 0 Å². The summed E-state index contributed by atoms with van der Waals surface area (Å²) in [5.41, 5.74) is 2.12. The van der Waals surface area contributed by atoms with Gasteiger partial charge < -0.3 is 10.1 Å². The highest BCUT2D eigenvalue weighted by Gasteiger charge is 2.20. The van der Waals surface area contributed by atoms with E-state index in [4.69, 9.17) is 27.9 Å². The van der Waals surface area contributed by atoms with Gasteiger partial charge in [-0.05, 0) is 43.3 Å². The van der Waals surface area contributed by atoms with Crippen LogP contribution in [0.25, 0.3) is 0 Å². The van der Waals surface area contributed by atoms with Crippen molar-refractivity contribution in [1.29, 1.82) is 0 Å². The summed E-state index contributed by atoms with van der Waals surface area (Å²) in [7, 11) is 1.67. The Morgan fingerprint density at radius 2 is 2.05 bits per heavy atom. The summed E-state index contributed by atoms with van der Waals surface area (Å²) in [5, 5.41) is 4.17. The Balaban J connectivity index is 2.50. The Morgan fingerprint density at radius 1 is 1.30 bits per heavy atom. The molecule has 2 aromatic rings. The Bertz CT molecular complexity index is 578. The van der Waals surface area contributed by atoms with Crippen LogP contribution < -0.4 is 10.1 Å². The van der Waals surface area contributed by atoms with Gasteiger partial charge in [-0.1, -0.05) is 30.1 Å². The highest BCUT2D eigenvalue weighted by molar-refractivity contribution is 7.16. The summed E-state index contributed by atoms with van der Waals surface area (Å²) in [6.07, 6.45) is 0. The van der Waals surface area contributed by atoms with Gasteiger partial charge >= 0.3 is 0 Å². The smallest absolute Gasteiger partial charge is 0.124 e. The van der Waals surface area contributed by atoms with E-state index in [9.17, 15) is 0 Å². The number of hydrogen-bond acceptors (Lipinski definition) is 3. The van der Waals surface area contributed by atoms with Gasteiger partial charge in [0.2, 0.25) is 0 Å². The van der Waals surface area contributed by atoms with Gasteiger partial charge in [-0.2, -0.15) is 0 Å². The van der Waals surface area contributed by atoms with Crippen molar-refractivity contribution in [3.05, 3.63) is 49.6 Å². The van der Waals surface area contributed by atoms with Crippen LogP contribution in [0.1, 0.15) is 29.0 Å². The third-order valence-electron chi connectivity index (χ3n) is 3.07.